The van der Waals surface area contributed by atoms with Crippen LogP contribution in [0.25, 0.3) is 0 Å². The lowest BCUT2D eigenvalue weighted by Crippen LogP contribution is -2.26. The monoisotopic (exact) mass is 387 g/mol. The quantitative estimate of drug-likeness (QED) is 0.726. The lowest BCUT2D eigenvalue weighted by atomic mass is 10.2. The Labute approximate surface area is 138 Å². The van der Waals surface area contributed by atoms with Crippen LogP contribution >= 0.6 is 27.5 Å². The normalized spacial score (nSPS) is 11.8. The van der Waals surface area contributed by atoms with Crippen LogP contribution in [-0.2, 0) is 22.4 Å². The molecule has 0 saturated heterocycles. The van der Waals surface area contributed by atoms with Crippen molar-refractivity contribution in [3.05, 3.63) is 64.1 Å². The number of alkyl halides is 1. The minimum absolute atomic E-state index is 0.235. The van der Waals surface area contributed by atoms with Gasteiger partial charge in [0.05, 0.1) is 4.90 Å². The summed E-state index contributed by atoms with van der Waals surface area (Å²) in [7, 11) is -2.00. The van der Waals surface area contributed by atoms with E-state index >= 15 is 0 Å². The summed E-state index contributed by atoms with van der Waals surface area (Å²) in [6, 6.07) is 14.6. The molecule has 0 N–H and O–H groups in total. The van der Waals surface area contributed by atoms with E-state index in [1.54, 1.807) is 25.2 Å². The predicted molar refractivity (Wildman–Crippen MR) is 88.8 cm³/mol. The molecule has 0 unspecified atom stereocenters. The number of benzene rings is 2. The van der Waals surface area contributed by atoms with Crippen LogP contribution in [0.5, 0.6) is 0 Å². The van der Waals surface area contributed by atoms with Crippen molar-refractivity contribution < 1.29 is 8.42 Å². The fourth-order valence-electron chi connectivity index (χ4n) is 1.92. The van der Waals surface area contributed by atoms with Gasteiger partial charge in [0.1, 0.15) is 0 Å². The first-order chi connectivity index (χ1) is 9.95. The van der Waals surface area contributed by atoms with Crippen molar-refractivity contribution in [3.8, 4) is 0 Å². The van der Waals surface area contributed by atoms with Crippen LogP contribution in [0.3, 0.4) is 0 Å². The van der Waals surface area contributed by atoms with Gasteiger partial charge in [-0.15, -0.1) is 11.6 Å². The molecule has 0 fully saturated rings. The Morgan fingerprint density at radius 3 is 2.38 bits per heavy atom. The maximum Gasteiger partial charge on any atom is 0.244 e. The van der Waals surface area contributed by atoms with Crippen molar-refractivity contribution in [1.82, 2.24) is 4.31 Å². The summed E-state index contributed by atoms with van der Waals surface area (Å²) in [4.78, 5) is 0.235. The predicted octanol–water partition coefficient (Wildman–Crippen LogP) is 4.01. The van der Waals surface area contributed by atoms with Crippen molar-refractivity contribution in [2.75, 3.05) is 7.05 Å². The van der Waals surface area contributed by atoms with Gasteiger partial charge < -0.3 is 0 Å². The number of hydrogen-bond acceptors (Lipinski definition) is 2. The van der Waals surface area contributed by atoms with E-state index in [1.165, 1.54) is 4.31 Å². The van der Waals surface area contributed by atoms with E-state index in [2.05, 4.69) is 15.9 Å². The van der Waals surface area contributed by atoms with Gasteiger partial charge in [-0.05, 0) is 39.2 Å². The van der Waals surface area contributed by atoms with E-state index in [0.717, 1.165) is 11.1 Å². The Kier molecular flexibility index (Phi) is 5.43. The SMILES string of the molecule is CN(Cc1ccccc1)S(=O)(=O)c1cc(CCl)ccc1Br. The zero-order chi connectivity index (χ0) is 15.5. The van der Waals surface area contributed by atoms with Crippen LogP contribution < -0.4 is 0 Å². The van der Waals surface area contributed by atoms with Gasteiger partial charge in [-0.1, -0.05) is 36.4 Å². The summed E-state index contributed by atoms with van der Waals surface area (Å²) in [6.07, 6.45) is 0. The van der Waals surface area contributed by atoms with E-state index in [-0.39, 0.29) is 10.8 Å². The highest BCUT2D eigenvalue weighted by molar-refractivity contribution is 9.10. The molecular formula is C15H15BrClNO2S. The third kappa shape index (κ3) is 3.86. The van der Waals surface area contributed by atoms with Gasteiger partial charge in [0.15, 0.2) is 0 Å². The molecule has 0 saturated carbocycles. The van der Waals surface area contributed by atoms with E-state index in [1.807, 2.05) is 30.3 Å². The first-order valence-electron chi connectivity index (χ1n) is 6.30. The fourth-order valence-corrected chi connectivity index (χ4v) is 4.22. The first-order valence-corrected chi connectivity index (χ1v) is 9.06. The zero-order valence-electron chi connectivity index (χ0n) is 11.5. The van der Waals surface area contributed by atoms with Crippen LogP contribution in [0.1, 0.15) is 11.1 Å². The summed E-state index contributed by atoms with van der Waals surface area (Å²) in [5.74, 6) is 0.276. The van der Waals surface area contributed by atoms with Crippen molar-refractivity contribution in [2.24, 2.45) is 0 Å². The summed E-state index contributed by atoms with van der Waals surface area (Å²) >= 11 is 9.09. The molecule has 21 heavy (non-hydrogen) atoms. The van der Waals surface area contributed by atoms with Crippen LogP contribution in [0, 0.1) is 0 Å². The molecule has 0 amide bonds. The van der Waals surface area contributed by atoms with Gasteiger partial charge in [0.2, 0.25) is 10.0 Å². The molecule has 0 aromatic heterocycles. The molecule has 0 atom stereocenters. The number of rotatable bonds is 5. The molecule has 0 aliphatic rings. The van der Waals surface area contributed by atoms with Gasteiger partial charge in [0.25, 0.3) is 0 Å². The van der Waals surface area contributed by atoms with Crippen molar-refractivity contribution in [2.45, 2.75) is 17.3 Å². The van der Waals surface area contributed by atoms with Crippen LogP contribution in [0.4, 0.5) is 0 Å². The second-order valence-electron chi connectivity index (χ2n) is 4.65. The van der Waals surface area contributed by atoms with Crippen LogP contribution in [-0.4, -0.2) is 19.8 Å². The first kappa shape index (κ1) is 16.5. The lowest BCUT2D eigenvalue weighted by Gasteiger charge is -2.18. The number of sulfonamides is 1. The van der Waals surface area contributed by atoms with Gasteiger partial charge in [-0.25, -0.2) is 8.42 Å². The van der Waals surface area contributed by atoms with Crippen molar-refractivity contribution >= 4 is 37.6 Å². The van der Waals surface area contributed by atoms with E-state index in [9.17, 15) is 8.42 Å². The van der Waals surface area contributed by atoms with Gasteiger partial charge >= 0.3 is 0 Å². The molecule has 2 rings (SSSR count). The zero-order valence-corrected chi connectivity index (χ0v) is 14.6. The number of hydrogen-bond donors (Lipinski definition) is 0. The third-order valence-electron chi connectivity index (χ3n) is 3.09. The van der Waals surface area contributed by atoms with Gasteiger partial charge in [-0.3, -0.25) is 0 Å². The summed E-state index contributed by atoms with van der Waals surface area (Å²) in [5.41, 5.74) is 1.71. The average Bonchev–Trinajstić information content (AvgIpc) is 2.48. The summed E-state index contributed by atoms with van der Waals surface area (Å²) < 4.78 is 27.2. The molecule has 0 radical (unpaired) electrons. The molecular weight excluding hydrogens is 374 g/mol. The standard InChI is InChI=1S/C15H15BrClNO2S/c1-18(11-12-5-3-2-4-6-12)21(19,20)15-9-13(10-17)7-8-14(15)16/h2-9H,10-11H2,1H3. The molecule has 0 aliphatic carbocycles. The largest absolute Gasteiger partial charge is 0.244 e. The molecule has 2 aromatic carbocycles. The summed E-state index contributed by atoms with van der Waals surface area (Å²) in [5, 5.41) is 0. The number of halogens is 2. The smallest absolute Gasteiger partial charge is 0.207 e. The Bertz CT molecular complexity index is 720. The second kappa shape index (κ2) is 6.92. The molecule has 0 heterocycles. The average molecular weight is 389 g/mol. The highest BCUT2D eigenvalue weighted by atomic mass is 79.9. The van der Waals surface area contributed by atoms with Crippen molar-refractivity contribution in [3.63, 3.8) is 0 Å². The van der Waals surface area contributed by atoms with E-state index in [4.69, 9.17) is 11.6 Å². The molecule has 0 aliphatic heterocycles. The molecule has 2 aromatic rings. The van der Waals surface area contributed by atoms with Crippen LogP contribution in [0.2, 0.25) is 0 Å². The fraction of sp³-hybridized carbons (Fsp3) is 0.200. The minimum atomic E-state index is -3.57. The molecule has 6 heteroatoms. The highest BCUT2D eigenvalue weighted by Crippen LogP contribution is 2.27. The maximum absolute atomic E-state index is 12.7. The number of nitrogens with zero attached hydrogens (tertiary/aromatic N) is 1. The minimum Gasteiger partial charge on any atom is -0.207 e. The Hall–Kier alpha value is -0.880. The summed E-state index contributed by atoms with van der Waals surface area (Å²) in [6.45, 7) is 0.320. The molecule has 0 bridgehead atoms. The molecule has 0 spiro atoms. The van der Waals surface area contributed by atoms with E-state index in [0.29, 0.717) is 11.0 Å². The third-order valence-corrected chi connectivity index (χ3v) is 6.19. The molecule has 112 valence electrons. The Morgan fingerprint density at radius 2 is 1.76 bits per heavy atom. The second-order valence-corrected chi connectivity index (χ2v) is 7.78. The van der Waals surface area contributed by atoms with Gasteiger partial charge in [-0.2, -0.15) is 4.31 Å². The Balaban J connectivity index is 2.33. The van der Waals surface area contributed by atoms with Gasteiger partial charge in [0, 0.05) is 23.9 Å². The Morgan fingerprint density at radius 1 is 1.10 bits per heavy atom. The van der Waals surface area contributed by atoms with Crippen molar-refractivity contribution in [1.29, 1.82) is 0 Å². The lowest BCUT2D eigenvalue weighted by molar-refractivity contribution is 0.466. The molecule has 3 nitrogen and oxygen atoms in total. The highest BCUT2D eigenvalue weighted by Gasteiger charge is 2.23. The van der Waals surface area contributed by atoms with E-state index < -0.39 is 10.0 Å². The topological polar surface area (TPSA) is 37.4 Å². The maximum atomic E-state index is 12.7. The van der Waals surface area contributed by atoms with Crippen LogP contribution in [0.15, 0.2) is 57.9 Å².